The number of ether oxygens (including phenoxy) is 3. The fraction of sp³-hybridized carbons (Fsp3) is 0.688. The van der Waals surface area contributed by atoms with E-state index in [0.717, 1.165) is 44.7 Å². The van der Waals surface area contributed by atoms with Crippen LogP contribution in [-0.2, 0) is 20.8 Å². The van der Waals surface area contributed by atoms with Crippen molar-refractivity contribution >= 4 is 0 Å². The average Bonchev–Trinajstić information content (AvgIpc) is 2.96. The Kier molecular flexibility index (Phi) is 5.19. The van der Waals surface area contributed by atoms with Crippen molar-refractivity contribution in [2.45, 2.75) is 37.7 Å². The monoisotopic (exact) mass is 292 g/mol. The van der Waals surface area contributed by atoms with Gasteiger partial charge in [0.1, 0.15) is 0 Å². The number of hydrogen-bond donors (Lipinski definition) is 0. The highest BCUT2D eigenvalue weighted by atomic mass is 16.5. The van der Waals surface area contributed by atoms with Crippen molar-refractivity contribution in [3.05, 3.63) is 30.1 Å². The molecule has 1 aromatic heterocycles. The molecule has 1 aliphatic carbocycles. The maximum Gasteiger partial charge on any atom is 0.0992 e. The summed E-state index contributed by atoms with van der Waals surface area (Å²) in [5, 5.41) is 0. The summed E-state index contributed by atoms with van der Waals surface area (Å²) in [6.07, 6.45) is 6.25. The Labute approximate surface area is 126 Å². The second kappa shape index (κ2) is 7.31. The molecule has 0 unspecified atom stereocenters. The lowest BCUT2D eigenvalue weighted by molar-refractivity contribution is -0.118. The smallest absolute Gasteiger partial charge is 0.0992 e. The fourth-order valence-electron chi connectivity index (χ4n) is 3.34. The first-order valence-corrected chi connectivity index (χ1v) is 7.73. The van der Waals surface area contributed by atoms with Crippen molar-refractivity contribution in [3.8, 4) is 0 Å². The molecular formula is C16H24N2O3. The van der Waals surface area contributed by atoms with Crippen LogP contribution in [0, 0.1) is 0 Å². The minimum Gasteiger partial charge on any atom is -0.383 e. The number of pyridine rings is 1. The molecule has 1 saturated heterocycles. The number of nitrogens with zero attached hydrogens (tertiary/aromatic N) is 2. The number of aromatic nitrogens is 1. The van der Waals surface area contributed by atoms with E-state index in [-0.39, 0.29) is 12.2 Å². The normalized spacial score (nSPS) is 29.5. The molecule has 0 amide bonds. The summed E-state index contributed by atoms with van der Waals surface area (Å²) >= 11 is 0. The van der Waals surface area contributed by atoms with Crippen LogP contribution in [-0.4, -0.2) is 61.5 Å². The van der Waals surface area contributed by atoms with Crippen LogP contribution in [0.3, 0.4) is 0 Å². The van der Waals surface area contributed by atoms with Crippen LogP contribution in [0.5, 0.6) is 0 Å². The Hall–Kier alpha value is -1.01. The molecule has 21 heavy (non-hydrogen) atoms. The topological polar surface area (TPSA) is 43.8 Å². The Morgan fingerprint density at radius 2 is 2.38 bits per heavy atom. The van der Waals surface area contributed by atoms with Gasteiger partial charge < -0.3 is 14.2 Å². The van der Waals surface area contributed by atoms with Crippen LogP contribution in [0.1, 0.15) is 18.4 Å². The third-order valence-corrected chi connectivity index (χ3v) is 4.42. The van der Waals surface area contributed by atoms with Gasteiger partial charge >= 0.3 is 0 Å². The molecule has 0 spiro atoms. The maximum atomic E-state index is 6.09. The minimum atomic E-state index is 0.195. The first-order chi connectivity index (χ1) is 10.4. The van der Waals surface area contributed by atoms with Gasteiger partial charge in [0.25, 0.3) is 0 Å². The zero-order valence-electron chi connectivity index (χ0n) is 12.6. The van der Waals surface area contributed by atoms with Crippen molar-refractivity contribution in [2.75, 3.05) is 33.4 Å². The van der Waals surface area contributed by atoms with Gasteiger partial charge in [-0.3, -0.25) is 9.88 Å². The molecular weight excluding hydrogens is 268 g/mol. The van der Waals surface area contributed by atoms with Crippen LogP contribution in [0.25, 0.3) is 0 Å². The van der Waals surface area contributed by atoms with Gasteiger partial charge in [-0.1, -0.05) is 6.07 Å². The van der Waals surface area contributed by atoms with Gasteiger partial charge in [-0.05, 0) is 24.5 Å². The number of rotatable bonds is 6. The molecule has 2 aliphatic rings. The molecule has 1 aromatic rings. The summed E-state index contributed by atoms with van der Waals surface area (Å²) in [5.41, 5.74) is 1.12. The largest absolute Gasteiger partial charge is 0.383 e. The molecule has 0 N–H and O–H groups in total. The lowest BCUT2D eigenvalue weighted by Gasteiger charge is -2.38. The van der Waals surface area contributed by atoms with Gasteiger partial charge in [0, 0.05) is 38.6 Å². The number of fused-ring (bicyclic) bond motifs is 1. The number of morpholine rings is 1. The molecule has 0 aromatic carbocycles. The van der Waals surface area contributed by atoms with E-state index in [4.69, 9.17) is 14.2 Å². The molecule has 1 saturated carbocycles. The predicted octanol–water partition coefficient (Wildman–Crippen LogP) is 1.48. The molecule has 2 fully saturated rings. The van der Waals surface area contributed by atoms with E-state index in [1.54, 1.807) is 13.3 Å². The standard InChI is InChI=1S/C16H24N2O3/c1-19-9-7-18-8-10-20-16-14(18)4-5-15(16)21-12-13-3-2-6-17-11-13/h2-3,6,11,14-16H,4-5,7-10,12H2,1H3/t14-,15+,16+/m0/s1. The first-order valence-electron chi connectivity index (χ1n) is 7.73. The van der Waals surface area contributed by atoms with Gasteiger partial charge in [0.05, 0.1) is 32.0 Å². The molecule has 2 heterocycles. The van der Waals surface area contributed by atoms with Crippen LogP contribution < -0.4 is 0 Å². The first kappa shape index (κ1) is 14.9. The number of hydrogen-bond acceptors (Lipinski definition) is 5. The second-order valence-electron chi connectivity index (χ2n) is 5.72. The molecule has 5 nitrogen and oxygen atoms in total. The third kappa shape index (κ3) is 3.61. The SMILES string of the molecule is COCCN1CCO[C@H]2[C@H](OCc3cccnc3)CC[C@@H]21. The molecule has 116 valence electrons. The van der Waals surface area contributed by atoms with Crippen molar-refractivity contribution in [2.24, 2.45) is 0 Å². The zero-order valence-corrected chi connectivity index (χ0v) is 12.6. The Morgan fingerprint density at radius 1 is 1.43 bits per heavy atom. The van der Waals surface area contributed by atoms with Crippen LogP contribution in [0.2, 0.25) is 0 Å². The van der Waals surface area contributed by atoms with Gasteiger partial charge in [-0.2, -0.15) is 0 Å². The van der Waals surface area contributed by atoms with Crippen molar-refractivity contribution in [1.82, 2.24) is 9.88 Å². The van der Waals surface area contributed by atoms with Crippen LogP contribution in [0.15, 0.2) is 24.5 Å². The van der Waals surface area contributed by atoms with E-state index in [9.17, 15) is 0 Å². The summed E-state index contributed by atoms with van der Waals surface area (Å²) in [5.74, 6) is 0. The molecule has 0 bridgehead atoms. The van der Waals surface area contributed by atoms with Crippen LogP contribution >= 0.6 is 0 Å². The average molecular weight is 292 g/mol. The van der Waals surface area contributed by atoms with E-state index in [2.05, 4.69) is 9.88 Å². The highest BCUT2D eigenvalue weighted by molar-refractivity contribution is 5.07. The van der Waals surface area contributed by atoms with Crippen molar-refractivity contribution < 1.29 is 14.2 Å². The second-order valence-corrected chi connectivity index (χ2v) is 5.72. The summed E-state index contributed by atoms with van der Waals surface area (Å²) in [4.78, 5) is 6.61. The fourth-order valence-corrected chi connectivity index (χ4v) is 3.34. The summed E-state index contributed by atoms with van der Waals surface area (Å²) < 4.78 is 17.3. The van der Waals surface area contributed by atoms with Crippen molar-refractivity contribution in [1.29, 1.82) is 0 Å². The summed E-state index contributed by atoms with van der Waals surface area (Å²) in [6, 6.07) is 4.47. The maximum absolute atomic E-state index is 6.09. The van der Waals surface area contributed by atoms with E-state index >= 15 is 0 Å². The summed E-state index contributed by atoms with van der Waals surface area (Å²) in [7, 11) is 1.76. The third-order valence-electron chi connectivity index (χ3n) is 4.42. The number of methoxy groups -OCH3 is 1. The Balaban J connectivity index is 1.54. The van der Waals surface area contributed by atoms with Gasteiger partial charge in [0.2, 0.25) is 0 Å². The zero-order chi connectivity index (χ0) is 14.5. The predicted molar refractivity (Wildman–Crippen MR) is 79.0 cm³/mol. The minimum absolute atomic E-state index is 0.195. The van der Waals surface area contributed by atoms with E-state index in [1.165, 1.54) is 0 Å². The van der Waals surface area contributed by atoms with Crippen molar-refractivity contribution in [3.63, 3.8) is 0 Å². The van der Waals surface area contributed by atoms with Gasteiger partial charge in [0.15, 0.2) is 0 Å². The molecule has 5 heteroatoms. The Bertz CT molecular complexity index is 429. The lowest BCUT2D eigenvalue weighted by Crippen LogP contribution is -2.52. The van der Waals surface area contributed by atoms with Gasteiger partial charge in [-0.25, -0.2) is 0 Å². The van der Waals surface area contributed by atoms with E-state index in [0.29, 0.717) is 12.6 Å². The van der Waals surface area contributed by atoms with E-state index < -0.39 is 0 Å². The highest BCUT2D eigenvalue weighted by Crippen LogP contribution is 2.32. The quantitative estimate of drug-likeness (QED) is 0.794. The molecule has 3 rings (SSSR count). The summed E-state index contributed by atoms with van der Waals surface area (Å²) in [6.45, 7) is 4.17. The van der Waals surface area contributed by atoms with E-state index in [1.807, 2.05) is 18.3 Å². The molecule has 1 aliphatic heterocycles. The molecule has 3 atom stereocenters. The Morgan fingerprint density at radius 3 is 3.19 bits per heavy atom. The van der Waals surface area contributed by atoms with Crippen LogP contribution in [0.4, 0.5) is 0 Å². The molecule has 0 radical (unpaired) electrons. The highest BCUT2D eigenvalue weighted by Gasteiger charge is 2.43. The van der Waals surface area contributed by atoms with Gasteiger partial charge in [-0.15, -0.1) is 0 Å². The lowest BCUT2D eigenvalue weighted by atomic mass is 10.1.